The highest BCUT2D eigenvalue weighted by atomic mass is 35.5. The average molecular weight is 426 g/mol. The first-order valence-corrected chi connectivity index (χ1v) is 11.6. The molecule has 2 N–H and O–H groups in total. The summed E-state index contributed by atoms with van der Waals surface area (Å²) in [5.41, 5.74) is 3.38. The molecule has 30 heavy (non-hydrogen) atoms. The summed E-state index contributed by atoms with van der Waals surface area (Å²) in [5.74, 6) is 0.736. The van der Waals surface area contributed by atoms with Gasteiger partial charge in [0.15, 0.2) is 0 Å². The number of aryl methyl sites for hydroxylation is 1. The molecule has 0 bridgehead atoms. The Morgan fingerprint density at radius 3 is 2.57 bits per heavy atom. The Morgan fingerprint density at radius 1 is 1.07 bits per heavy atom. The number of anilines is 1. The van der Waals surface area contributed by atoms with Crippen molar-refractivity contribution in [3.8, 4) is 0 Å². The van der Waals surface area contributed by atoms with Gasteiger partial charge in [0.05, 0.1) is 0 Å². The Hall–Kier alpha value is -2.04. The standard InChI is InChI=1S/C25H32ClN3O/c1-18-4-2-5-22(16-18)27-25(30)28-23-6-3-7-24(23)29-14-12-20(13-15-29)17-19-8-10-21(26)11-9-19/h2,4-5,8-11,16,20,23-24H,3,6-7,12-15,17H2,1H3,(H2,27,28,30). The maximum Gasteiger partial charge on any atom is 0.319 e. The second-order valence-electron chi connectivity index (χ2n) is 8.88. The summed E-state index contributed by atoms with van der Waals surface area (Å²) in [5, 5.41) is 7.05. The number of hydrogen-bond donors (Lipinski definition) is 2. The van der Waals surface area contributed by atoms with Gasteiger partial charge < -0.3 is 10.6 Å². The van der Waals surface area contributed by atoms with Crippen LogP contribution in [0.5, 0.6) is 0 Å². The number of rotatable bonds is 5. The molecule has 2 aromatic rings. The monoisotopic (exact) mass is 425 g/mol. The Kier molecular flexibility index (Phi) is 6.96. The quantitative estimate of drug-likeness (QED) is 0.650. The van der Waals surface area contributed by atoms with Crippen LogP contribution in [0.15, 0.2) is 48.5 Å². The first kappa shape index (κ1) is 21.2. The van der Waals surface area contributed by atoms with E-state index >= 15 is 0 Å². The van der Waals surface area contributed by atoms with E-state index in [1.54, 1.807) is 0 Å². The molecule has 1 saturated heterocycles. The lowest BCUT2D eigenvalue weighted by Gasteiger charge is -2.38. The number of likely N-dealkylation sites (tertiary alicyclic amines) is 1. The summed E-state index contributed by atoms with van der Waals surface area (Å²) < 4.78 is 0. The van der Waals surface area contributed by atoms with Crippen LogP contribution in [0.3, 0.4) is 0 Å². The minimum Gasteiger partial charge on any atom is -0.334 e. The fourth-order valence-corrected chi connectivity index (χ4v) is 5.17. The zero-order valence-electron chi connectivity index (χ0n) is 17.7. The number of amides is 2. The summed E-state index contributed by atoms with van der Waals surface area (Å²) in [7, 11) is 0. The van der Waals surface area contributed by atoms with Crippen molar-refractivity contribution in [1.29, 1.82) is 0 Å². The zero-order chi connectivity index (χ0) is 20.9. The van der Waals surface area contributed by atoms with E-state index in [-0.39, 0.29) is 12.1 Å². The molecule has 2 aromatic carbocycles. The van der Waals surface area contributed by atoms with Crippen LogP contribution in [0.4, 0.5) is 10.5 Å². The zero-order valence-corrected chi connectivity index (χ0v) is 18.5. The Labute approximate surface area is 185 Å². The molecule has 0 spiro atoms. The molecule has 0 aromatic heterocycles. The molecule has 4 rings (SSSR count). The van der Waals surface area contributed by atoms with Crippen LogP contribution in [-0.2, 0) is 6.42 Å². The van der Waals surface area contributed by atoms with Crippen molar-refractivity contribution in [3.63, 3.8) is 0 Å². The Balaban J connectivity index is 1.26. The molecule has 160 valence electrons. The minimum absolute atomic E-state index is 0.0878. The highest BCUT2D eigenvalue weighted by Crippen LogP contribution is 2.30. The molecule has 1 aliphatic carbocycles. The molecule has 1 saturated carbocycles. The van der Waals surface area contributed by atoms with E-state index in [4.69, 9.17) is 11.6 Å². The molecule has 1 heterocycles. The van der Waals surface area contributed by atoms with Gasteiger partial charge in [0.25, 0.3) is 0 Å². The second kappa shape index (κ2) is 9.84. The SMILES string of the molecule is Cc1cccc(NC(=O)NC2CCCC2N2CCC(Cc3ccc(Cl)cc3)CC2)c1. The molecular formula is C25H32ClN3O. The number of urea groups is 1. The lowest BCUT2D eigenvalue weighted by atomic mass is 9.89. The van der Waals surface area contributed by atoms with Crippen LogP contribution >= 0.6 is 11.6 Å². The van der Waals surface area contributed by atoms with Gasteiger partial charge in [-0.3, -0.25) is 4.90 Å². The molecule has 0 radical (unpaired) electrons. The first-order valence-electron chi connectivity index (χ1n) is 11.2. The van der Waals surface area contributed by atoms with Crippen molar-refractivity contribution in [3.05, 3.63) is 64.7 Å². The lowest BCUT2D eigenvalue weighted by Crippen LogP contribution is -2.52. The molecule has 5 heteroatoms. The second-order valence-corrected chi connectivity index (χ2v) is 9.32. The van der Waals surface area contributed by atoms with Gasteiger partial charge >= 0.3 is 6.03 Å². The van der Waals surface area contributed by atoms with Gasteiger partial charge in [-0.15, -0.1) is 0 Å². The number of carbonyl (C=O) groups excluding carboxylic acids is 1. The summed E-state index contributed by atoms with van der Waals surface area (Å²) in [6, 6.07) is 16.8. The molecule has 2 aliphatic rings. The summed E-state index contributed by atoms with van der Waals surface area (Å²) in [6.07, 6.45) is 7.01. The summed E-state index contributed by atoms with van der Waals surface area (Å²) in [6.45, 7) is 4.29. The Morgan fingerprint density at radius 2 is 1.83 bits per heavy atom. The molecule has 2 unspecified atom stereocenters. The van der Waals surface area contributed by atoms with Gasteiger partial charge in [0.1, 0.15) is 0 Å². The van der Waals surface area contributed by atoms with Gasteiger partial charge in [0.2, 0.25) is 0 Å². The first-order chi connectivity index (χ1) is 14.6. The number of nitrogens with one attached hydrogen (secondary N) is 2. The maximum absolute atomic E-state index is 12.5. The van der Waals surface area contributed by atoms with Gasteiger partial charge in [-0.05, 0) is 99.8 Å². The van der Waals surface area contributed by atoms with Gasteiger partial charge in [0, 0.05) is 22.8 Å². The molecular weight excluding hydrogens is 394 g/mol. The predicted molar refractivity (Wildman–Crippen MR) is 124 cm³/mol. The molecule has 2 atom stereocenters. The Bertz CT molecular complexity index is 846. The number of halogens is 1. The van der Waals surface area contributed by atoms with Gasteiger partial charge in [-0.2, -0.15) is 0 Å². The normalized spacial score (nSPS) is 22.7. The molecule has 2 amide bonds. The van der Waals surface area contributed by atoms with Crippen molar-refractivity contribution in [2.24, 2.45) is 5.92 Å². The van der Waals surface area contributed by atoms with Crippen molar-refractivity contribution >= 4 is 23.3 Å². The third-order valence-corrected chi connectivity index (χ3v) is 6.88. The van der Waals surface area contributed by atoms with Crippen LogP contribution in [0.1, 0.15) is 43.2 Å². The number of piperidine rings is 1. The molecule has 4 nitrogen and oxygen atoms in total. The fourth-order valence-electron chi connectivity index (χ4n) is 5.05. The van der Waals surface area contributed by atoms with Crippen molar-refractivity contribution in [2.45, 2.75) is 57.5 Å². The number of benzene rings is 2. The minimum atomic E-state index is -0.0878. The topological polar surface area (TPSA) is 44.4 Å². The fraction of sp³-hybridized carbons (Fsp3) is 0.480. The van der Waals surface area contributed by atoms with Gasteiger partial charge in [-0.25, -0.2) is 4.79 Å². The van der Waals surface area contributed by atoms with Crippen LogP contribution in [0.2, 0.25) is 5.02 Å². The van der Waals surface area contributed by atoms with E-state index in [2.05, 4.69) is 27.7 Å². The third-order valence-electron chi connectivity index (χ3n) is 6.63. The molecule has 2 fully saturated rings. The van der Waals surface area contributed by atoms with E-state index in [1.807, 2.05) is 43.3 Å². The van der Waals surface area contributed by atoms with E-state index in [0.717, 1.165) is 48.1 Å². The van der Waals surface area contributed by atoms with E-state index in [0.29, 0.717) is 6.04 Å². The lowest BCUT2D eigenvalue weighted by molar-refractivity contribution is 0.119. The van der Waals surface area contributed by atoms with Crippen LogP contribution in [0, 0.1) is 12.8 Å². The van der Waals surface area contributed by atoms with Crippen LogP contribution in [0.25, 0.3) is 0 Å². The van der Waals surface area contributed by atoms with E-state index < -0.39 is 0 Å². The predicted octanol–water partition coefficient (Wildman–Crippen LogP) is 5.65. The van der Waals surface area contributed by atoms with E-state index in [9.17, 15) is 4.79 Å². The highest BCUT2D eigenvalue weighted by Gasteiger charge is 2.35. The van der Waals surface area contributed by atoms with Gasteiger partial charge in [-0.1, -0.05) is 35.9 Å². The average Bonchev–Trinajstić information content (AvgIpc) is 3.18. The largest absolute Gasteiger partial charge is 0.334 e. The third kappa shape index (κ3) is 5.55. The molecule has 1 aliphatic heterocycles. The summed E-state index contributed by atoms with van der Waals surface area (Å²) in [4.78, 5) is 15.2. The number of carbonyl (C=O) groups is 1. The van der Waals surface area contributed by atoms with Crippen LogP contribution < -0.4 is 10.6 Å². The summed E-state index contributed by atoms with van der Waals surface area (Å²) >= 11 is 6.01. The smallest absolute Gasteiger partial charge is 0.319 e. The van der Waals surface area contributed by atoms with Crippen molar-refractivity contribution in [1.82, 2.24) is 10.2 Å². The highest BCUT2D eigenvalue weighted by molar-refractivity contribution is 6.30. The van der Waals surface area contributed by atoms with Crippen LogP contribution in [-0.4, -0.2) is 36.1 Å². The van der Waals surface area contributed by atoms with Crippen molar-refractivity contribution < 1.29 is 4.79 Å². The number of hydrogen-bond acceptors (Lipinski definition) is 2. The van der Waals surface area contributed by atoms with E-state index in [1.165, 1.54) is 31.2 Å². The maximum atomic E-state index is 12.5. The van der Waals surface area contributed by atoms with Crippen molar-refractivity contribution in [2.75, 3.05) is 18.4 Å². The number of nitrogens with zero attached hydrogens (tertiary/aromatic N) is 1.